The molecule has 0 radical (unpaired) electrons. The van der Waals surface area contributed by atoms with E-state index in [1.165, 1.54) is 19.3 Å². The van der Waals surface area contributed by atoms with Crippen molar-refractivity contribution in [1.29, 1.82) is 0 Å². The van der Waals surface area contributed by atoms with Crippen LogP contribution in [0.5, 0.6) is 0 Å². The highest BCUT2D eigenvalue weighted by Crippen LogP contribution is 2.30. The molecule has 0 spiro atoms. The topological polar surface area (TPSA) is 67.2 Å². The molecule has 2 rings (SSSR count). The van der Waals surface area contributed by atoms with Gasteiger partial charge in [0, 0.05) is 18.0 Å². The predicted molar refractivity (Wildman–Crippen MR) is 67.8 cm³/mol. The minimum Gasteiger partial charge on any atom is -0.360 e. The second-order valence-corrected chi connectivity index (χ2v) is 5.02. The third kappa shape index (κ3) is 3.32. The molecular weight excluding hydrogens is 230 g/mol. The fraction of sp³-hybridized carbons (Fsp3) is 0.692. The Hall–Kier alpha value is -1.36. The van der Waals surface area contributed by atoms with E-state index in [-0.39, 0.29) is 11.4 Å². The summed E-state index contributed by atoms with van der Waals surface area (Å²) in [7, 11) is 1.95. The zero-order valence-corrected chi connectivity index (χ0v) is 10.9. The Morgan fingerprint density at radius 1 is 1.44 bits per heavy atom. The van der Waals surface area contributed by atoms with Crippen molar-refractivity contribution in [3.63, 3.8) is 0 Å². The summed E-state index contributed by atoms with van der Waals surface area (Å²) in [6.07, 6.45) is 7.98. The van der Waals surface area contributed by atoms with E-state index >= 15 is 0 Å². The van der Waals surface area contributed by atoms with E-state index in [9.17, 15) is 4.79 Å². The van der Waals surface area contributed by atoms with Gasteiger partial charge in [0.2, 0.25) is 5.91 Å². The predicted octanol–water partition coefficient (Wildman–Crippen LogP) is 1.60. The molecule has 0 aromatic carbocycles. The molecule has 5 heteroatoms. The smallest absolute Gasteiger partial charge is 0.222 e. The van der Waals surface area contributed by atoms with Gasteiger partial charge in [-0.05, 0) is 19.9 Å². The number of amides is 1. The van der Waals surface area contributed by atoms with Crippen LogP contribution in [0.4, 0.5) is 0 Å². The molecule has 0 atom stereocenters. The molecule has 1 aliphatic rings. The molecule has 1 fully saturated rings. The van der Waals surface area contributed by atoms with Crippen LogP contribution in [0.1, 0.15) is 44.3 Å². The van der Waals surface area contributed by atoms with Crippen molar-refractivity contribution in [2.24, 2.45) is 0 Å². The molecule has 0 bridgehead atoms. The van der Waals surface area contributed by atoms with Crippen LogP contribution in [-0.2, 0) is 11.3 Å². The van der Waals surface area contributed by atoms with E-state index in [0.29, 0.717) is 18.7 Å². The number of aromatic nitrogens is 1. The van der Waals surface area contributed by atoms with Crippen LogP contribution in [0.2, 0.25) is 0 Å². The summed E-state index contributed by atoms with van der Waals surface area (Å²) in [5.41, 5.74) is -0.0102. The molecule has 18 heavy (non-hydrogen) atoms. The van der Waals surface area contributed by atoms with Crippen LogP contribution >= 0.6 is 0 Å². The summed E-state index contributed by atoms with van der Waals surface area (Å²) in [4.78, 5) is 12.0. The zero-order valence-electron chi connectivity index (χ0n) is 10.9. The average molecular weight is 251 g/mol. The number of nitrogens with one attached hydrogen (secondary N) is 2. The Morgan fingerprint density at radius 2 is 2.22 bits per heavy atom. The van der Waals surface area contributed by atoms with Gasteiger partial charge in [0.15, 0.2) is 5.76 Å². The van der Waals surface area contributed by atoms with E-state index in [2.05, 4.69) is 15.8 Å². The van der Waals surface area contributed by atoms with Gasteiger partial charge in [-0.2, -0.15) is 0 Å². The Bertz CT molecular complexity index is 370. The lowest BCUT2D eigenvalue weighted by molar-refractivity contribution is -0.123. The third-order valence-electron chi connectivity index (χ3n) is 3.79. The number of rotatable bonds is 5. The summed E-state index contributed by atoms with van der Waals surface area (Å²) in [6.45, 7) is 0.415. The molecule has 1 amide bonds. The average Bonchev–Trinajstić information content (AvgIpc) is 2.91. The van der Waals surface area contributed by atoms with Gasteiger partial charge in [0.25, 0.3) is 0 Å². The quantitative estimate of drug-likeness (QED) is 0.834. The van der Waals surface area contributed by atoms with Gasteiger partial charge in [-0.15, -0.1) is 0 Å². The number of carbonyl (C=O) groups excluding carboxylic acids is 1. The van der Waals surface area contributed by atoms with Crippen molar-refractivity contribution in [3.8, 4) is 0 Å². The van der Waals surface area contributed by atoms with Crippen LogP contribution in [0.15, 0.2) is 16.8 Å². The highest BCUT2D eigenvalue weighted by molar-refractivity contribution is 5.77. The minimum absolute atomic E-state index is 0.0102. The molecule has 0 aliphatic heterocycles. The molecule has 5 nitrogen and oxygen atoms in total. The Balaban J connectivity index is 1.81. The first-order chi connectivity index (χ1) is 8.74. The van der Waals surface area contributed by atoms with Gasteiger partial charge >= 0.3 is 0 Å². The van der Waals surface area contributed by atoms with Crippen molar-refractivity contribution >= 4 is 5.91 Å². The zero-order chi connectivity index (χ0) is 12.8. The van der Waals surface area contributed by atoms with E-state index in [1.807, 2.05) is 7.05 Å². The maximum atomic E-state index is 12.0. The molecule has 1 aliphatic carbocycles. The van der Waals surface area contributed by atoms with Gasteiger partial charge in [0.05, 0.1) is 12.7 Å². The number of hydrogen-bond donors (Lipinski definition) is 2. The largest absolute Gasteiger partial charge is 0.360 e. The van der Waals surface area contributed by atoms with Crippen LogP contribution in [0, 0.1) is 0 Å². The van der Waals surface area contributed by atoms with Crippen LogP contribution in [0.3, 0.4) is 0 Å². The minimum atomic E-state index is -0.0102. The van der Waals surface area contributed by atoms with Crippen LogP contribution in [0.25, 0.3) is 0 Å². The summed E-state index contributed by atoms with van der Waals surface area (Å²) in [5.74, 6) is 0.758. The second-order valence-electron chi connectivity index (χ2n) is 5.02. The molecule has 1 aromatic rings. The first-order valence-corrected chi connectivity index (χ1v) is 6.59. The highest BCUT2D eigenvalue weighted by Gasteiger charge is 2.32. The van der Waals surface area contributed by atoms with Crippen molar-refractivity contribution in [2.75, 3.05) is 7.05 Å². The van der Waals surface area contributed by atoms with Crippen LogP contribution < -0.4 is 10.6 Å². The van der Waals surface area contributed by atoms with E-state index in [0.717, 1.165) is 12.8 Å². The Labute approximate surface area is 107 Å². The van der Waals surface area contributed by atoms with Gasteiger partial charge in [-0.25, -0.2) is 0 Å². The Kier molecular flexibility index (Phi) is 4.36. The molecule has 2 N–H and O–H groups in total. The molecule has 0 unspecified atom stereocenters. The maximum absolute atomic E-state index is 12.0. The maximum Gasteiger partial charge on any atom is 0.222 e. The molecule has 1 aromatic heterocycles. The SMILES string of the molecule is CNC1(CC(=O)NCc2ccno2)CCCCC1. The van der Waals surface area contributed by atoms with Crippen molar-refractivity contribution in [3.05, 3.63) is 18.0 Å². The summed E-state index contributed by atoms with van der Waals surface area (Å²) in [6, 6.07) is 1.76. The van der Waals surface area contributed by atoms with Crippen LogP contribution in [-0.4, -0.2) is 23.7 Å². The third-order valence-corrected chi connectivity index (χ3v) is 3.79. The van der Waals surface area contributed by atoms with Crippen molar-refractivity contribution < 1.29 is 9.32 Å². The lowest BCUT2D eigenvalue weighted by Crippen LogP contribution is -2.48. The lowest BCUT2D eigenvalue weighted by atomic mass is 9.79. The van der Waals surface area contributed by atoms with E-state index < -0.39 is 0 Å². The van der Waals surface area contributed by atoms with Crippen molar-refractivity contribution in [2.45, 2.75) is 50.6 Å². The first-order valence-electron chi connectivity index (χ1n) is 6.59. The standard InChI is InChI=1S/C13H21N3O2/c1-14-13(6-3-2-4-7-13)9-12(17)15-10-11-5-8-16-18-11/h5,8,14H,2-4,6-7,9-10H2,1H3,(H,15,17). The van der Waals surface area contributed by atoms with E-state index in [1.54, 1.807) is 12.3 Å². The van der Waals surface area contributed by atoms with E-state index in [4.69, 9.17) is 4.52 Å². The summed E-state index contributed by atoms with van der Waals surface area (Å²) in [5, 5.41) is 9.83. The van der Waals surface area contributed by atoms with Gasteiger partial charge < -0.3 is 15.2 Å². The summed E-state index contributed by atoms with van der Waals surface area (Å²) >= 11 is 0. The monoisotopic (exact) mass is 251 g/mol. The second kappa shape index (κ2) is 6.00. The summed E-state index contributed by atoms with van der Waals surface area (Å²) < 4.78 is 4.95. The van der Waals surface area contributed by atoms with Gasteiger partial charge in [0.1, 0.15) is 0 Å². The lowest BCUT2D eigenvalue weighted by Gasteiger charge is -2.36. The Morgan fingerprint density at radius 3 is 2.83 bits per heavy atom. The molecule has 1 heterocycles. The first kappa shape index (κ1) is 13.1. The molecule has 0 saturated heterocycles. The molecular formula is C13H21N3O2. The van der Waals surface area contributed by atoms with Crippen molar-refractivity contribution in [1.82, 2.24) is 15.8 Å². The molecule has 1 saturated carbocycles. The number of hydrogen-bond acceptors (Lipinski definition) is 4. The van der Waals surface area contributed by atoms with Gasteiger partial charge in [-0.3, -0.25) is 4.79 Å². The molecule has 100 valence electrons. The normalized spacial score (nSPS) is 18.5. The highest BCUT2D eigenvalue weighted by atomic mass is 16.5. The number of carbonyl (C=O) groups is 1. The fourth-order valence-corrected chi connectivity index (χ4v) is 2.63. The fourth-order valence-electron chi connectivity index (χ4n) is 2.63. The number of nitrogens with zero attached hydrogens (tertiary/aromatic N) is 1. The van der Waals surface area contributed by atoms with Gasteiger partial charge in [-0.1, -0.05) is 24.4 Å².